The smallest absolute Gasteiger partial charge is 0.306 e. The van der Waals surface area contributed by atoms with E-state index in [2.05, 4.69) is 196 Å². The van der Waals surface area contributed by atoms with E-state index in [1.54, 1.807) is 0 Å². The molecular formula is C74H118NO8P. The molecule has 2 unspecified atom stereocenters. The van der Waals surface area contributed by atoms with Crippen LogP contribution < -0.4 is 4.89 Å². The molecule has 0 N–H and O–H groups in total. The van der Waals surface area contributed by atoms with E-state index in [-0.39, 0.29) is 26.1 Å². The minimum Gasteiger partial charge on any atom is -0.756 e. The number of phosphoric acid groups is 1. The SMILES string of the molecule is CC/C=C\C/C=C\C/C=C\C/C=C\C/C=C\C/C=C\C/C=C\C/C=C\C/C=C\C/C=C\C/C=C\C/C=C\CCCCC(=O)OC(COC(=O)CCCCCCCC/C=C\C/C=C\C/C=C\CCCCCCC)COP(=O)([O-])OCC[N+](C)(C)C. The van der Waals surface area contributed by atoms with Crippen molar-refractivity contribution in [3.63, 3.8) is 0 Å². The molecule has 0 aromatic carbocycles. The van der Waals surface area contributed by atoms with Gasteiger partial charge in [0.25, 0.3) is 7.82 Å². The highest BCUT2D eigenvalue weighted by Gasteiger charge is 2.21. The van der Waals surface area contributed by atoms with Gasteiger partial charge in [0.2, 0.25) is 0 Å². The molecule has 0 saturated heterocycles. The number of carbonyl (C=O) groups excluding carboxylic acids is 2. The molecule has 0 aliphatic rings. The van der Waals surface area contributed by atoms with Crippen LogP contribution in [0.3, 0.4) is 0 Å². The van der Waals surface area contributed by atoms with Crippen LogP contribution in [0.2, 0.25) is 0 Å². The Kier molecular flexibility index (Phi) is 59.0. The van der Waals surface area contributed by atoms with Gasteiger partial charge in [-0.25, -0.2) is 0 Å². The number of nitrogens with zero attached hydrogens (tertiary/aromatic N) is 1. The zero-order valence-electron chi connectivity index (χ0n) is 53.5. The molecule has 9 nitrogen and oxygen atoms in total. The lowest BCUT2D eigenvalue weighted by Gasteiger charge is -2.28. The molecule has 0 aliphatic carbocycles. The van der Waals surface area contributed by atoms with Gasteiger partial charge >= 0.3 is 11.9 Å². The topological polar surface area (TPSA) is 111 Å². The molecule has 0 radical (unpaired) electrons. The normalized spacial score (nSPS) is 14.4. The van der Waals surface area contributed by atoms with E-state index in [0.29, 0.717) is 23.9 Å². The summed E-state index contributed by atoms with van der Waals surface area (Å²) >= 11 is 0. The third kappa shape index (κ3) is 66.3. The van der Waals surface area contributed by atoms with Crippen molar-refractivity contribution in [3.8, 4) is 0 Å². The predicted molar refractivity (Wildman–Crippen MR) is 359 cm³/mol. The highest BCUT2D eigenvalue weighted by Crippen LogP contribution is 2.38. The first kappa shape index (κ1) is 79.1. The first-order valence-corrected chi connectivity index (χ1v) is 34.0. The molecule has 2 atom stereocenters. The van der Waals surface area contributed by atoms with Crippen LogP contribution in [0, 0.1) is 0 Å². The number of carbonyl (C=O) groups is 2. The quantitative estimate of drug-likeness (QED) is 0.0195. The Morgan fingerprint density at radius 3 is 1.04 bits per heavy atom. The van der Waals surface area contributed by atoms with Crippen molar-refractivity contribution in [1.29, 1.82) is 0 Å². The average Bonchev–Trinajstić information content (AvgIpc) is 3.61. The molecular weight excluding hydrogens is 1060 g/mol. The Morgan fingerprint density at radius 1 is 0.381 bits per heavy atom. The fourth-order valence-corrected chi connectivity index (χ4v) is 8.67. The van der Waals surface area contributed by atoms with Crippen LogP contribution in [0.25, 0.3) is 0 Å². The van der Waals surface area contributed by atoms with Crippen molar-refractivity contribution >= 4 is 19.8 Å². The zero-order chi connectivity index (χ0) is 61.2. The molecule has 0 aromatic rings. The zero-order valence-corrected chi connectivity index (χ0v) is 54.4. The number of hydrogen-bond acceptors (Lipinski definition) is 8. The Balaban J connectivity index is 4.28. The molecule has 0 rings (SSSR count). The third-order valence-corrected chi connectivity index (χ3v) is 13.9. The van der Waals surface area contributed by atoms with Gasteiger partial charge in [-0.2, -0.15) is 0 Å². The lowest BCUT2D eigenvalue weighted by molar-refractivity contribution is -0.870. The van der Waals surface area contributed by atoms with Crippen LogP contribution >= 0.6 is 7.82 Å². The van der Waals surface area contributed by atoms with Gasteiger partial charge in [-0.3, -0.25) is 14.2 Å². The van der Waals surface area contributed by atoms with E-state index in [0.717, 1.165) is 141 Å². The number of quaternary nitrogens is 1. The monoisotopic (exact) mass is 1180 g/mol. The van der Waals surface area contributed by atoms with Crippen LogP contribution in [-0.2, 0) is 32.7 Å². The van der Waals surface area contributed by atoms with Crippen LogP contribution in [-0.4, -0.2) is 70.0 Å². The van der Waals surface area contributed by atoms with Crippen molar-refractivity contribution in [3.05, 3.63) is 182 Å². The van der Waals surface area contributed by atoms with Crippen molar-refractivity contribution in [2.45, 2.75) is 225 Å². The summed E-state index contributed by atoms with van der Waals surface area (Å²) in [5, 5.41) is 0. The van der Waals surface area contributed by atoms with Gasteiger partial charge in [0.1, 0.15) is 19.8 Å². The second-order valence-electron chi connectivity index (χ2n) is 22.0. The summed E-state index contributed by atoms with van der Waals surface area (Å²) in [6.45, 7) is 4.02. The van der Waals surface area contributed by atoms with Crippen LogP contribution in [0.4, 0.5) is 0 Å². The summed E-state index contributed by atoms with van der Waals surface area (Å²) in [5.74, 6) is -0.914. The van der Waals surface area contributed by atoms with E-state index < -0.39 is 32.5 Å². The van der Waals surface area contributed by atoms with Crippen LogP contribution in [0.5, 0.6) is 0 Å². The van der Waals surface area contributed by atoms with Crippen molar-refractivity contribution in [2.75, 3.05) is 47.5 Å². The Labute approximate surface area is 514 Å². The largest absolute Gasteiger partial charge is 0.756 e. The van der Waals surface area contributed by atoms with Gasteiger partial charge in [0.15, 0.2) is 6.10 Å². The number of ether oxygens (including phenoxy) is 2. The Morgan fingerprint density at radius 2 is 0.679 bits per heavy atom. The summed E-state index contributed by atoms with van der Waals surface area (Å²) < 4.78 is 34.1. The van der Waals surface area contributed by atoms with Crippen molar-refractivity contribution in [2.24, 2.45) is 0 Å². The maximum absolute atomic E-state index is 12.8. The molecule has 84 heavy (non-hydrogen) atoms. The molecule has 0 saturated carbocycles. The third-order valence-electron chi connectivity index (χ3n) is 12.9. The van der Waals surface area contributed by atoms with E-state index >= 15 is 0 Å². The van der Waals surface area contributed by atoms with Crippen molar-refractivity contribution in [1.82, 2.24) is 0 Å². The second kappa shape index (κ2) is 62.6. The maximum Gasteiger partial charge on any atom is 0.306 e. The standard InChI is InChI=1S/C74H118NO8P/c1-6-8-10-12-14-16-18-20-22-24-26-28-29-30-31-32-33-34-35-36-37-38-39-40-41-42-43-44-45-47-49-51-53-55-57-59-61-63-65-67-74(77)83-72(71-82-84(78,79)81-69-68-75(3,4)5)70-80-73(76)66-64-62-60-58-56-54-52-50-48-46-27-25-23-21-19-17-15-13-11-9-7-2/h8,10,14,16,19-22,25-28,30-31,33-34,36-37,39-40,42-43,45,47-48,50-51,53,57,59,72H,6-7,9,11-13,15,17-18,23-24,29,32,35,38,41,44,46,49,52,54-56,58,60-71H2,1-5H3/b10-8-,16-14-,21-19-,22-20-,27-25-,28-26-,31-30-,34-33-,37-36-,40-39-,43-42-,47-45-,50-48-,53-51-,59-57-. The summed E-state index contributed by atoms with van der Waals surface area (Å²) in [5.41, 5.74) is 0. The van der Waals surface area contributed by atoms with E-state index in [1.807, 2.05) is 21.1 Å². The number of rotatable bonds is 57. The summed E-state index contributed by atoms with van der Waals surface area (Å²) in [6.07, 6.45) is 96.7. The Hall–Kier alpha value is -4.89. The number of allylic oxidation sites excluding steroid dienone is 30. The number of hydrogen-bond donors (Lipinski definition) is 0. The molecule has 472 valence electrons. The summed E-state index contributed by atoms with van der Waals surface area (Å²) in [4.78, 5) is 37.9. The highest BCUT2D eigenvalue weighted by molar-refractivity contribution is 7.45. The minimum absolute atomic E-state index is 0.0523. The summed E-state index contributed by atoms with van der Waals surface area (Å²) in [7, 11) is 1.10. The lowest BCUT2D eigenvalue weighted by Crippen LogP contribution is -2.37. The van der Waals surface area contributed by atoms with E-state index in [1.165, 1.54) is 38.5 Å². The van der Waals surface area contributed by atoms with Crippen LogP contribution in [0.15, 0.2) is 182 Å². The molecule has 0 spiro atoms. The first-order chi connectivity index (χ1) is 41.0. The number of phosphoric ester groups is 1. The molecule has 0 amide bonds. The van der Waals surface area contributed by atoms with E-state index in [4.69, 9.17) is 18.5 Å². The Bertz CT molecular complexity index is 2070. The van der Waals surface area contributed by atoms with Gasteiger partial charge < -0.3 is 27.9 Å². The summed E-state index contributed by atoms with van der Waals surface area (Å²) in [6, 6.07) is 0. The molecule has 0 aromatic heterocycles. The fraction of sp³-hybridized carbons (Fsp3) is 0.568. The van der Waals surface area contributed by atoms with Gasteiger partial charge in [0, 0.05) is 12.8 Å². The predicted octanol–water partition coefficient (Wildman–Crippen LogP) is 20.5. The number of esters is 2. The molecule has 0 aliphatic heterocycles. The lowest BCUT2D eigenvalue weighted by atomic mass is 10.1. The fourth-order valence-electron chi connectivity index (χ4n) is 7.94. The highest BCUT2D eigenvalue weighted by atomic mass is 31.2. The van der Waals surface area contributed by atoms with Crippen LogP contribution in [0.1, 0.15) is 219 Å². The van der Waals surface area contributed by atoms with Crippen molar-refractivity contribution < 1.29 is 42.1 Å². The van der Waals surface area contributed by atoms with E-state index in [9.17, 15) is 19.0 Å². The molecule has 0 bridgehead atoms. The minimum atomic E-state index is -4.67. The number of likely N-dealkylation sites (N-methyl/N-ethyl adjacent to an activating group) is 1. The van der Waals surface area contributed by atoms with Gasteiger partial charge in [-0.15, -0.1) is 0 Å². The first-order valence-electron chi connectivity index (χ1n) is 32.5. The second-order valence-corrected chi connectivity index (χ2v) is 23.4. The van der Waals surface area contributed by atoms with Gasteiger partial charge in [0.05, 0.1) is 27.7 Å². The van der Waals surface area contributed by atoms with Gasteiger partial charge in [-0.1, -0.05) is 247 Å². The average molecular weight is 1180 g/mol. The molecule has 0 heterocycles. The van der Waals surface area contributed by atoms with Gasteiger partial charge in [-0.05, 0) is 141 Å². The maximum atomic E-state index is 12.8. The molecule has 10 heteroatoms. The molecule has 0 fully saturated rings. The number of unbranched alkanes of at least 4 members (excludes halogenated alkanes) is 13.